The normalized spacial score (nSPS) is 36.6. The average Bonchev–Trinajstić information content (AvgIpc) is 2.21. The lowest BCUT2D eigenvalue weighted by molar-refractivity contribution is -0.157. The minimum atomic E-state index is -0.681. The number of hydrogen-bond acceptors (Lipinski definition) is 4. The predicted molar refractivity (Wildman–Crippen MR) is 61.3 cm³/mol. The monoisotopic (exact) mass is 238 g/mol. The fourth-order valence-electron chi connectivity index (χ4n) is 2.60. The molecule has 1 heterocycles. The first-order valence-electron chi connectivity index (χ1n) is 5.95. The van der Waals surface area contributed by atoms with Crippen LogP contribution in [0.5, 0.6) is 0 Å². The summed E-state index contributed by atoms with van der Waals surface area (Å²) in [6.07, 6.45) is 4.13. The quantitative estimate of drug-likeness (QED) is 0.552. The standard InChI is InChI=1S/C13H18O4/c1-8(17-9(2)14)12(15)13(3)5-4-11-10(6-13)7-16-11/h4-5,8,10-11H,6-7H2,1-3H3/t8-,10?,11-,13-/m1/s1. The minimum absolute atomic E-state index is 0.0331. The van der Waals surface area contributed by atoms with Gasteiger partial charge in [-0.25, -0.2) is 0 Å². The van der Waals surface area contributed by atoms with E-state index in [1.807, 2.05) is 19.1 Å². The lowest BCUT2D eigenvalue weighted by Crippen LogP contribution is -2.48. The van der Waals surface area contributed by atoms with Crippen LogP contribution < -0.4 is 0 Å². The van der Waals surface area contributed by atoms with Crippen LogP contribution in [0.4, 0.5) is 0 Å². The lowest BCUT2D eigenvalue weighted by atomic mass is 9.69. The first-order chi connectivity index (χ1) is 7.92. The summed E-state index contributed by atoms with van der Waals surface area (Å²) in [6, 6.07) is 0. The summed E-state index contributed by atoms with van der Waals surface area (Å²) in [6.45, 7) is 5.57. The van der Waals surface area contributed by atoms with E-state index in [0.717, 1.165) is 13.0 Å². The van der Waals surface area contributed by atoms with Gasteiger partial charge in [-0.15, -0.1) is 0 Å². The smallest absolute Gasteiger partial charge is 0.303 e. The second-order valence-electron chi connectivity index (χ2n) is 5.15. The third-order valence-electron chi connectivity index (χ3n) is 3.58. The maximum atomic E-state index is 12.3. The van der Waals surface area contributed by atoms with Crippen molar-refractivity contribution in [2.24, 2.45) is 11.3 Å². The Morgan fingerprint density at radius 3 is 2.71 bits per heavy atom. The molecular weight excluding hydrogens is 220 g/mol. The number of carbonyl (C=O) groups is 2. The van der Waals surface area contributed by atoms with E-state index in [2.05, 4.69) is 0 Å². The Morgan fingerprint density at radius 1 is 1.53 bits per heavy atom. The van der Waals surface area contributed by atoms with Gasteiger partial charge in [0, 0.05) is 18.3 Å². The van der Waals surface area contributed by atoms with Crippen molar-refractivity contribution < 1.29 is 19.1 Å². The first kappa shape index (κ1) is 12.3. The van der Waals surface area contributed by atoms with E-state index in [9.17, 15) is 9.59 Å². The molecule has 94 valence electrons. The number of Topliss-reactive ketones (excluding diaryl/α,β-unsaturated/α-hetero) is 1. The maximum Gasteiger partial charge on any atom is 0.303 e. The summed E-state index contributed by atoms with van der Waals surface area (Å²) in [5.74, 6) is -0.0214. The van der Waals surface area contributed by atoms with E-state index < -0.39 is 17.5 Å². The topological polar surface area (TPSA) is 52.6 Å². The fourth-order valence-corrected chi connectivity index (χ4v) is 2.60. The Morgan fingerprint density at radius 2 is 2.24 bits per heavy atom. The van der Waals surface area contributed by atoms with Gasteiger partial charge in [0.15, 0.2) is 11.9 Å². The average molecular weight is 238 g/mol. The molecule has 0 N–H and O–H groups in total. The summed E-state index contributed by atoms with van der Waals surface area (Å²) >= 11 is 0. The summed E-state index contributed by atoms with van der Waals surface area (Å²) in [7, 11) is 0. The molecule has 0 aromatic carbocycles. The van der Waals surface area contributed by atoms with Crippen LogP contribution in [0.25, 0.3) is 0 Å². The highest BCUT2D eigenvalue weighted by Gasteiger charge is 2.45. The molecule has 0 spiro atoms. The zero-order valence-electron chi connectivity index (χ0n) is 10.4. The second-order valence-corrected chi connectivity index (χ2v) is 5.15. The second kappa shape index (κ2) is 4.26. The van der Waals surface area contributed by atoms with Gasteiger partial charge < -0.3 is 9.47 Å². The molecule has 4 heteroatoms. The van der Waals surface area contributed by atoms with Crippen LogP contribution >= 0.6 is 0 Å². The predicted octanol–water partition coefficient (Wildman–Crippen LogP) is 1.49. The highest BCUT2D eigenvalue weighted by Crippen LogP contribution is 2.41. The third kappa shape index (κ3) is 2.27. The van der Waals surface area contributed by atoms with E-state index in [1.54, 1.807) is 6.92 Å². The lowest BCUT2D eigenvalue weighted by Gasteiger charge is -2.44. The summed E-state index contributed by atoms with van der Waals surface area (Å²) in [5.41, 5.74) is -0.528. The van der Waals surface area contributed by atoms with Crippen molar-refractivity contribution in [3.8, 4) is 0 Å². The number of hydrogen-bond donors (Lipinski definition) is 0. The molecule has 0 aromatic heterocycles. The van der Waals surface area contributed by atoms with E-state index in [1.165, 1.54) is 6.92 Å². The zero-order valence-corrected chi connectivity index (χ0v) is 10.4. The van der Waals surface area contributed by atoms with E-state index in [4.69, 9.17) is 9.47 Å². The molecule has 1 aliphatic heterocycles. The molecule has 2 rings (SSSR count). The molecule has 1 fully saturated rings. The van der Waals surface area contributed by atoms with Crippen LogP contribution in [0.15, 0.2) is 12.2 Å². The number of allylic oxidation sites excluding steroid dienone is 1. The molecule has 0 aromatic rings. The zero-order chi connectivity index (χ0) is 12.6. The number of rotatable bonds is 3. The molecule has 0 saturated carbocycles. The number of esters is 1. The SMILES string of the molecule is CC(=O)O[C@H](C)C(=O)[C@]1(C)C=C[C@H]2OCC2C1. The van der Waals surface area contributed by atoms with Gasteiger partial charge >= 0.3 is 5.97 Å². The molecule has 4 nitrogen and oxygen atoms in total. The van der Waals surface area contributed by atoms with Gasteiger partial charge in [-0.05, 0) is 20.3 Å². The van der Waals surface area contributed by atoms with Crippen molar-refractivity contribution in [3.05, 3.63) is 12.2 Å². The van der Waals surface area contributed by atoms with Crippen molar-refractivity contribution in [3.63, 3.8) is 0 Å². The summed E-state index contributed by atoms with van der Waals surface area (Å²) in [4.78, 5) is 23.1. The van der Waals surface area contributed by atoms with Gasteiger partial charge in [-0.1, -0.05) is 12.2 Å². The number of fused-ring (bicyclic) bond motifs is 1. The van der Waals surface area contributed by atoms with E-state index in [0.29, 0.717) is 5.92 Å². The molecule has 0 radical (unpaired) electrons. The first-order valence-corrected chi connectivity index (χ1v) is 5.95. The van der Waals surface area contributed by atoms with Crippen LogP contribution in [0.2, 0.25) is 0 Å². The van der Waals surface area contributed by atoms with Crippen LogP contribution in [0, 0.1) is 11.3 Å². The van der Waals surface area contributed by atoms with Gasteiger partial charge in [0.05, 0.1) is 12.7 Å². The molecule has 17 heavy (non-hydrogen) atoms. The largest absolute Gasteiger partial charge is 0.455 e. The number of carbonyl (C=O) groups excluding carboxylic acids is 2. The molecule has 1 saturated heterocycles. The van der Waals surface area contributed by atoms with Gasteiger partial charge in [0.25, 0.3) is 0 Å². The summed E-state index contributed by atoms with van der Waals surface area (Å²) in [5, 5.41) is 0. The van der Waals surface area contributed by atoms with Crippen LogP contribution in [-0.2, 0) is 19.1 Å². The number of ketones is 1. The van der Waals surface area contributed by atoms with Gasteiger partial charge in [-0.3, -0.25) is 9.59 Å². The highest BCUT2D eigenvalue weighted by atomic mass is 16.5. The Labute approximate surface area is 101 Å². The highest BCUT2D eigenvalue weighted by molar-refractivity contribution is 5.91. The van der Waals surface area contributed by atoms with Crippen molar-refractivity contribution in [1.82, 2.24) is 0 Å². The van der Waals surface area contributed by atoms with Gasteiger partial charge in [0.1, 0.15) is 0 Å². The molecule has 4 atom stereocenters. The summed E-state index contributed by atoms with van der Waals surface area (Å²) < 4.78 is 10.3. The molecule has 2 aliphatic rings. The Kier molecular flexibility index (Phi) is 3.08. The van der Waals surface area contributed by atoms with Gasteiger partial charge in [-0.2, -0.15) is 0 Å². The molecular formula is C13H18O4. The third-order valence-corrected chi connectivity index (χ3v) is 3.58. The van der Waals surface area contributed by atoms with Gasteiger partial charge in [0.2, 0.25) is 0 Å². The molecule has 1 aliphatic carbocycles. The Hall–Kier alpha value is -1.16. The number of ether oxygens (including phenoxy) is 2. The van der Waals surface area contributed by atoms with E-state index in [-0.39, 0.29) is 11.9 Å². The van der Waals surface area contributed by atoms with Crippen LogP contribution in [0.1, 0.15) is 27.2 Å². The van der Waals surface area contributed by atoms with Crippen LogP contribution in [0.3, 0.4) is 0 Å². The molecule has 1 unspecified atom stereocenters. The Bertz CT molecular complexity index is 374. The van der Waals surface area contributed by atoms with Crippen molar-refractivity contribution in [2.45, 2.75) is 39.4 Å². The van der Waals surface area contributed by atoms with Crippen LogP contribution in [-0.4, -0.2) is 30.6 Å². The maximum absolute atomic E-state index is 12.3. The minimum Gasteiger partial charge on any atom is -0.455 e. The fraction of sp³-hybridized carbons (Fsp3) is 0.692. The molecule has 0 bridgehead atoms. The molecule has 0 amide bonds. The van der Waals surface area contributed by atoms with Crippen molar-refractivity contribution in [2.75, 3.05) is 6.61 Å². The van der Waals surface area contributed by atoms with Crippen molar-refractivity contribution >= 4 is 11.8 Å². The van der Waals surface area contributed by atoms with Crippen molar-refractivity contribution in [1.29, 1.82) is 0 Å². The Balaban J connectivity index is 2.07. The van der Waals surface area contributed by atoms with E-state index >= 15 is 0 Å².